The number of halogens is 1. The van der Waals surface area contributed by atoms with E-state index in [0.29, 0.717) is 16.5 Å². The molecular weight excluding hydrogens is 248 g/mol. The van der Waals surface area contributed by atoms with Gasteiger partial charge in [0, 0.05) is 11.6 Å². The summed E-state index contributed by atoms with van der Waals surface area (Å²) in [6.07, 6.45) is 1.62. The molecule has 2 rings (SSSR count). The van der Waals surface area contributed by atoms with Gasteiger partial charge < -0.3 is 4.74 Å². The number of ether oxygens (including phenoxy) is 1. The van der Waals surface area contributed by atoms with E-state index in [4.69, 9.17) is 21.6 Å². The van der Waals surface area contributed by atoms with Crippen LogP contribution >= 0.6 is 11.6 Å². The van der Waals surface area contributed by atoms with Crippen molar-refractivity contribution in [2.75, 3.05) is 0 Å². The van der Waals surface area contributed by atoms with Gasteiger partial charge in [0.25, 0.3) is 0 Å². The fourth-order valence-electron chi connectivity index (χ4n) is 1.67. The van der Waals surface area contributed by atoms with Gasteiger partial charge in [-0.05, 0) is 44.4 Å². The highest BCUT2D eigenvalue weighted by atomic mass is 35.5. The monoisotopic (exact) mass is 260 g/mol. The van der Waals surface area contributed by atoms with Crippen LogP contribution in [0.15, 0.2) is 24.4 Å². The number of hydrogen-bond donors (Lipinski definition) is 0. The van der Waals surface area contributed by atoms with Crippen molar-refractivity contribution in [1.82, 2.24) is 4.98 Å². The molecule has 1 heterocycles. The Balaban J connectivity index is 2.65. The van der Waals surface area contributed by atoms with Crippen molar-refractivity contribution in [3.63, 3.8) is 0 Å². The number of aromatic nitrogens is 1. The fourth-order valence-corrected chi connectivity index (χ4v) is 1.89. The van der Waals surface area contributed by atoms with Crippen molar-refractivity contribution < 1.29 is 4.74 Å². The van der Waals surface area contributed by atoms with Crippen LogP contribution in [0.3, 0.4) is 0 Å². The predicted octanol–water partition coefficient (Wildman–Crippen LogP) is 3.94. The summed E-state index contributed by atoms with van der Waals surface area (Å²) in [6, 6.07) is 7.50. The Hall–Kier alpha value is -1.79. The van der Waals surface area contributed by atoms with Gasteiger partial charge in [-0.2, -0.15) is 5.26 Å². The van der Waals surface area contributed by atoms with Crippen molar-refractivity contribution in [2.45, 2.75) is 26.4 Å². The lowest BCUT2D eigenvalue weighted by Crippen LogP contribution is -2.23. The molecule has 0 atom stereocenters. The van der Waals surface area contributed by atoms with Crippen LogP contribution in [0.2, 0.25) is 5.15 Å². The first-order valence-corrected chi connectivity index (χ1v) is 5.96. The summed E-state index contributed by atoms with van der Waals surface area (Å²) in [5.74, 6) is 0.535. The van der Waals surface area contributed by atoms with Crippen LogP contribution in [0.25, 0.3) is 10.8 Å². The van der Waals surface area contributed by atoms with E-state index in [1.807, 2.05) is 26.8 Å². The van der Waals surface area contributed by atoms with Gasteiger partial charge in [-0.15, -0.1) is 0 Å². The van der Waals surface area contributed by atoms with Gasteiger partial charge in [-0.25, -0.2) is 4.98 Å². The van der Waals surface area contributed by atoms with Crippen molar-refractivity contribution in [3.8, 4) is 11.8 Å². The zero-order valence-corrected chi connectivity index (χ0v) is 11.2. The molecular formula is C14H13ClN2O. The third-order valence-corrected chi connectivity index (χ3v) is 2.65. The molecule has 2 aromatic rings. The average Bonchev–Trinajstić information content (AvgIpc) is 2.27. The van der Waals surface area contributed by atoms with Gasteiger partial charge >= 0.3 is 0 Å². The van der Waals surface area contributed by atoms with Crippen LogP contribution in [0.5, 0.6) is 5.75 Å². The topological polar surface area (TPSA) is 45.9 Å². The number of nitriles is 1. The lowest BCUT2D eigenvalue weighted by molar-refractivity contribution is 0.130. The maximum absolute atomic E-state index is 9.17. The summed E-state index contributed by atoms with van der Waals surface area (Å²) in [4.78, 5) is 4.03. The quantitative estimate of drug-likeness (QED) is 0.730. The SMILES string of the molecule is CC(C)(C)Oc1cc2c(Cl)nccc2cc1C#N. The summed E-state index contributed by atoms with van der Waals surface area (Å²) in [7, 11) is 0. The summed E-state index contributed by atoms with van der Waals surface area (Å²) in [5, 5.41) is 11.2. The molecule has 0 N–H and O–H groups in total. The fraction of sp³-hybridized carbons (Fsp3) is 0.286. The average molecular weight is 261 g/mol. The van der Waals surface area contributed by atoms with Gasteiger partial charge in [0.2, 0.25) is 0 Å². The molecule has 0 saturated carbocycles. The first kappa shape index (κ1) is 12.7. The summed E-state index contributed by atoms with van der Waals surface area (Å²) >= 11 is 6.05. The largest absolute Gasteiger partial charge is 0.487 e. The normalized spacial score (nSPS) is 11.3. The maximum Gasteiger partial charge on any atom is 0.138 e. The molecule has 0 fully saturated rings. The minimum absolute atomic E-state index is 0.367. The Labute approximate surface area is 111 Å². The molecule has 0 bridgehead atoms. The highest BCUT2D eigenvalue weighted by Gasteiger charge is 2.16. The highest BCUT2D eigenvalue weighted by molar-refractivity contribution is 6.34. The number of rotatable bonds is 1. The van der Waals surface area contributed by atoms with Crippen LogP contribution in [-0.2, 0) is 0 Å². The standard InChI is InChI=1S/C14H13ClN2O/c1-14(2,3)18-12-7-11-9(6-10(12)8-16)4-5-17-13(11)15/h4-7H,1-3H3. The molecule has 0 amide bonds. The second-order valence-corrected chi connectivity index (χ2v) is 5.36. The number of fused-ring (bicyclic) bond motifs is 1. The Morgan fingerprint density at radius 1 is 1.33 bits per heavy atom. The summed E-state index contributed by atoms with van der Waals surface area (Å²) in [5.41, 5.74) is 0.133. The summed E-state index contributed by atoms with van der Waals surface area (Å²) < 4.78 is 5.78. The van der Waals surface area contributed by atoms with Gasteiger partial charge in [0.15, 0.2) is 0 Å². The Morgan fingerprint density at radius 2 is 2.06 bits per heavy atom. The number of nitrogens with zero attached hydrogens (tertiary/aromatic N) is 2. The Bertz CT molecular complexity index is 639. The number of pyridine rings is 1. The van der Waals surface area contributed by atoms with Crippen LogP contribution in [0.4, 0.5) is 0 Å². The van der Waals surface area contributed by atoms with Gasteiger partial charge in [-0.3, -0.25) is 0 Å². The smallest absolute Gasteiger partial charge is 0.138 e. The molecule has 1 aromatic heterocycles. The Morgan fingerprint density at radius 3 is 2.67 bits per heavy atom. The number of hydrogen-bond acceptors (Lipinski definition) is 3. The van der Waals surface area contributed by atoms with Crippen LogP contribution in [0.1, 0.15) is 26.3 Å². The maximum atomic E-state index is 9.17. The van der Waals surface area contributed by atoms with Crippen molar-refractivity contribution in [3.05, 3.63) is 35.1 Å². The molecule has 0 unspecified atom stereocenters. The van der Waals surface area contributed by atoms with E-state index in [0.717, 1.165) is 10.8 Å². The van der Waals surface area contributed by atoms with E-state index in [-0.39, 0.29) is 5.60 Å². The molecule has 18 heavy (non-hydrogen) atoms. The molecule has 4 heteroatoms. The third kappa shape index (κ3) is 2.55. The molecule has 0 aliphatic carbocycles. The van der Waals surface area contributed by atoms with E-state index in [2.05, 4.69) is 11.1 Å². The van der Waals surface area contributed by atoms with Crippen LogP contribution < -0.4 is 4.74 Å². The molecule has 1 aromatic carbocycles. The zero-order valence-electron chi connectivity index (χ0n) is 10.5. The lowest BCUT2D eigenvalue weighted by atomic mass is 10.1. The minimum Gasteiger partial charge on any atom is -0.487 e. The highest BCUT2D eigenvalue weighted by Crippen LogP contribution is 2.31. The van der Waals surface area contributed by atoms with Crippen LogP contribution in [0, 0.1) is 11.3 Å². The first-order valence-electron chi connectivity index (χ1n) is 5.58. The predicted molar refractivity (Wildman–Crippen MR) is 71.8 cm³/mol. The van der Waals surface area contributed by atoms with E-state index in [1.54, 1.807) is 18.3 Å². The molecule has 0 radical (unpaired) electrons. The first-order chi connectivity index (χ1) is 8.40. The zero-order chi connectivity index (χ0) is 13.3. The van der Waals surface area contributed by atoms with Gasteiger partial charge in [0.1, 0.15) is 22.6 Å². The molecule has 0 aliphatic heterocycles. The van der Waals surface area contributed by atoms with Gasteiger partial charge in [0.05, 0.1) is 5.56 Å². The van der Waals surface area contributed by atoms with Crippen molar-refractivity contribution in [1.29, 1.82) is 5.26 Å². The lowest BCUT2D eigenvalue weighted by Gasteiger charge is -2.22. The van der Waals surface area contributed by atoms with E-state index in [1.165, 1.54) is 0 Å². The second-order valence-electron chi connectivity index (χ2n) is 5.00. The molecule has 0 saturated heterocycles. The van der Waals surface area contributed by atoms with E-state index in [9.17, 15) is 0 Å². The minimum atomic E-state index is -0.367. The van der Waals surface area contributed by atoms with E-state index < -0.39 is 0 Å². The Kier molecular flexibility index (Phi) is 3.14. The molecule has 0 spiro atoms. The second kappa shape index (κ2) is 4.47. The molecule has 92 valence electrons. The molecule has 0 aliphatic rings. The number of benzene rings is 1. The van der Waals surface area contributed by atoms with Crippen molar-refractivity contribution >= 4 is 22.4 Å². The van der Waals surface area contributed by atoms with Crippen molar-refractivity contribution in [2.24, 2.45) is 0 Å². The van der Waals surface area contributed by atoms with Gasteiger partial charge in [-0.1, -0.05) is 11.6 Å². The van der Waals surface area contributed by atoms with Crippen LogP contribution in [-0.4, -0.2) is 10.6 Å². The summed E-state index contributed by atoms with van der Waals surface area (Å²) in [6.45, 7) is 5.80. The molecule has 3 nitrogen and oxygen atoms in total. The third-order valence-electron chi connectivity index (χ3n) is 2.35. The van der Waals surface area contributed by atoms with E-state index >= 15 is 0 Å².